The highest BCUT2D eigenvalue weighted by molar-refractivity contribution is 8.00. The number of hydrogen-bond acceptors (Lipinski definition) is 4. The SMILES string of the molecule is CCOC(=O)C(=O)NCC1(SC)CC1. The van der Waals surface area contributed by atoms with Crippen LogP contribution in [0.15, 0.2) is 0 Å². The third-order valence-electron chi connectivity index (χ3n) is 2.27. The molecule has 0 unspecified atom stereocenters. The van der Waals surface area contributed by atoms with Crippen molar-refractivity contribution in [1.82, 2.24) is 5.32 Å². The number of nitrogens with one attached hydrogen (secondary N) is 1. The van der Waals surface area contributed by atoms with Crippen LogP contribution in [0.3, 0.4) is 0 Å². The highest BCUT2D eigenvalue weighted by atomic mass is 32.2. The lowest BCUT2D eigenvalue weighted by atomic mass is 10.4. The molecule has 0 aromatic heterocycles. The van der Waals surface area contributed by atoms with Gasteiger partial charge in [0.1, 0.15) is 0 Å². The molecule has 0 saturated heterocycles. The highest BCUT2D eigenvalue weighted by Gasteiger charge is 2.42. The van der Waals surface area contributed by atoms with Crippen LogP contribution in [0.2, 0.25) is 0 Å². The Labute approximate surface area is 87.8 Å². The minimum Gasteiger partial charge on any atom is -0.459 e. The van der Waals surface area contributed by atoms with Gasteiger partial charge in [0, 0.05) is 11.3 Å². The van der Waals surface area contributed by atoms with Gasteiger partial charge >= 0.3 is 11.9 Å². The van der Waals surface area contributed by atoms with Crippen LogP contribution in [0.25, 0.3) is 0 Å². The van der Waals surface area contributed by atoms with Gasteiger partial charge in [-0.3, -0.25) is 4.79 Å². The molecule has 0 atom stereocenters. The molecule has 0 bridgehead atoms. The van der Waals surface area contributed by atoms with Gasteiger partial charge in [-0.1, -0.05) is 0 Å². The highest BCUT2D eigenvalue weighted by Crippen LogP contribution is 2.46. The predicted octanol–water partition coefficient (Wildman–Crippen LogP) is 0.561. The summed E-state index contributed by atoms with van der Waals surface area (Å²) in [5.74, 6) is -1.42. The molecule has 14 heavy (non-hydrogen) atoms. The van der Waals surface area contributed by atoms with Crippen LogP contribution in [-0.4, -0.2) is 36.0 Å². The lowest BCUT2D eigenvalue weighted by Crippen LogP contribution is -2.37. The van der Waals surface area contributed by atoms with E-state index in [2.05, 4.69) is 10.1 Å². The second kappa shape index (κ2) is 4.68. The van der Waals surface area contributed by atoms with Crippen LogP contribution < -0.4 is 5.32 Å². The Balaban J connectivity index is 2.24. The number of esters is 1. The van der Waals surface area contributed by atoms with Crippen LogP contribution in [0, 0.1) is 0 Å². The summed E-state index contributed by atoms with van der Waals surface area (Å²) in [7, 11) is 0. The first-order chi connectivity index (χ1) is 6.63. The van der Waals surface area contributed by atoms with Crippen molar-refractivity contribution < 1.29 is 14.3 Å². The maximum Gasteiger partial charge on any atom is 0.396 e. The van der Waals surface area contributed by atoms with Crippen LogP contribution >= 0.6 is 11.8 Å². The third-order valence-corrected chi connectivity index (χ3v) is 3.69. The molecule has 0 heterocycles. The molecule has 80 valence electrons. The summed E-state index contributed by atoms with van der Waals surface area (Å²) in [6.07, 6.45) is 4.23. The first-order valence-electron chi connectivity index (χ1n) is 4.63. The predicted molar refractivity (Wildman–Crippen MR) is 55.1 cm³/mol. The molecule has 5 heteroatoms. The van der Waals surface area contributed by atoms with Gasteiger partial charge in [-0.15, -0.1) is 0 Å². The van der Waals surface area contributed by atoms with Gasteiger partial charge in [0.05, 0.1) is 6.61 Å². The minimum absolute atomic E-state index is 0.183. The van der Waals surface area contributed by atoms with Gasteiger partial charge in [0.25, 0.3) is 0 Å². The van der Waals surface area contributed by atoms with E-state index in [9.17, 15) is 9.59 Å². The molecule has 1 aliphatic carbocycles. The Morgan fingerprint density at radius 1 is 1.50 bits per heavy atom. The van der Waals surface area contributed by atoms with Gasteiger partial charge in [-0.25, -0.2) is 4.79 Å². The van der Waals surface area contributed by atoms with Gasteiger partial charge in [-0.2, -0.15) is 11.8 Å². The van der Waals surface area contributed by atoms with E-state index >= 15 is 0 Å². The molecule has 1 N–H and O–H groups in total. The van der Waals surface area contributed by atoms with E-state index in [1.165, 1.54) is 0 Å². The summed E-state index contributed by atoms with van der Waals surface area (Å²) in [6.45, 7) is 2.47. The minimum atomic E-state index is -0.788. The molecule has 4 nitrogen and oxygen atoms in total. The molecule has 0 aliphatic heterocycles. The van der Waals surface area contributed by atoms with E-state index in [0.717, 1.165) is 12.8 Å². The van der Waals surface area contributed by atoms with Crippen LogP contribution in [0.4, 0.5) is 0 Å². The van der Waals surface area contributed by atoms with Crippen molar-refractivity contribution in [1.29, 1.82) is 0 Å². The van der Waals surface area contributed by atoms with Gasteiger partial charge < -0.3 is 10.1 Å². The molecule has 0 radical (unpaired) electrons. The largest absolute Gasteiger partial charge is 0.459 e. The quantitative estimate of drug-likeness (QED) is 0.552. The monoisotopic (exact) mass is 217 g/mol. The summed E-state index contributed by atoms with van der Waals surface area (Å²) < 4.78 is 4.75. The summed E-state index contributed by atoms with van der Waals surface area (Å²) in [4.78, 5) is 22.1. The summed E-state index contributed by atoms with van der Waals surface area (Å²) in [6, 6.07) is 0. The molecule has 1 rings (SSSR count). The molecule has 1 amide bonds. The number of carbonyl (C=O) groups excluding carboxylic acids is 2. The van der Waals surface area contributed by atoms with Gasteiger partial charge in [-0.05, 0) is 26.0 Å². The van der Waals surface area contributed by atoms with E-state index in [-0.39, 0.29) is 11.4 Å². The molecule has 0 spiro atoms. The van der Waals surface area contributed by atoms with E-state index < -0.39 is 11.9 Å². The normalized spacial score (nSPS) is 17.3. The Bertz CT molecular complexity index is 238. The Morgan fingerprint density at radius 2 is 2.14 bits per heavy atom. The molecular formula is C9H15NO3S. The maximum absolute atomic E-state index is 11.1. The van der Waals surface area contributed by atoms with Crippen LogP contribution in [-0.2, 0) is 14.3 Å². The average molecular weight is 217 g/mol. The Kier molecular flexibility index (Phi) is 3.80. The molecule has 0 aromatic rings. The smallest absolute Gasteiger partial charge is 0.396 e. The standard InChI is InChI=1S/C9H15NO3S/c1-3-13-8(12)7(11)10-6-9(14-2)4-5-9/h3-6H2,1-2H3,(H,10,11). The summed E-state index contributed by atoms with van der Waals surface area (Å²) >= 11 is 1.74. The number of hydrogen-bond donors (Lipinski definition) is 1. The fourth-order valence-corrected chi connectivity index (χ4v) is 1.83. The summed E-state index contributed by atoms with van der Waals surface area (Å²) in [5.41, 5.74) is 0. The van der Waals surface area contributed by atoms with Crippen molar-refractivity contribution in [2.45, 2.75) is 24.5 Å². The number of thioether (sulfide) groups is 1. The van der Waals surface area contributed by atoms with Crippen LogP contribution in [0.1, 0.15) is 19.8 Å². The van der Waals surface area contributed by atoms with Crippen molar-refractivity contribution in [3.8, 4) is 0 Å². The molecule has 1 aliphatic rings. The zero-order valence-corrected chi connectivity index (χ0v) is 9.28. The zero-order chi connectivity index (χ0) is 10.6. The zero-order valence-electron chi connectivity index (χ0n) is 8.46. The van der Waals surface area contributed by atoms with E-state index in [1.54, 1.807) is 18.7 Å². The summed E-state index contributed by atoms with van der Waals surface area (Å²) in [5, 5.41) is 2.59. The van der Waals surface area contributed by atoms with Crippen molar-refractivity contribution in [3.63, 3.8) is 0 Å². The maximum atomic E-state index is 11.1. The fourth-order valence-electron chi connectivity index (χ4n) is 1.10. The molecular weight excluding hydrogens is 202 g/mol. The topological polar surface area (TPSA) is 55.4 Å². The van der Waals surface area contributed by atoms with Crippen molar-refractivity contribution in [2.24, 2.45) is 0 Å². The molecule has 0 aromatic carbocycles. The van der Waals surface area contributed by atoms with Crippen molar-refractivity contribution in [3.05, 3.63) is 0 Å². The third kappa shape index (κ3) is 2.90. The van der Waals surface area contributed by atoms with Crippen molar-refractivity contribution in [2.75, 3.05) is 19.4 Å². The average Bonchev–Trinajstić information content (AvgIpc) is 2.95. The van der Waals surface area contributed by atoms with Crippen LogP contribution in [0.5, 0.6) is 0 Å². The van der Waals surface area contributed by atoms with Gasteiger partial charge in [0.15, 0.2) is 0 Å². The van der Waals surface area contributed by atoms with Gasteiger partial charge in [0.2, 0.25) is 0 Å². The van der Waals surface area contributed by atoms with E-state index in [1.807, 2.05) is 6.26 Å². The lowest BCUT2D eigenvalue weighted by molar-refractivity contribution is -0.154. The Hall–Kier alpha value is -0.710. The van der Waals surface area contributed by atoms with E-state index in [0.29, 0.717) is 6.54 Å². The first-order valence-corrected chi connectivity index (χ1v) is 5.86. The van der Waals surface area contributed by atoms with Crippen molar-refractivity contribution >= 4 is 23.6 Å². The number of ether oxygens (including phenoxy) is 1. The first kappa shape index (κ1) is 11.4. The molecule has 1 fully saturated rings. The number of carbonyl (C=O) groups is 2. The number of amides is 1. The van der Waals surface area contributed by atoms with E-state index in [4.69, 9.17) is 0 Å². The number of rotatable bonds is 4. The molecule has 1 saturated carbocycles. The fraction of sp³-hybridized carbons (Fsp3) is 0.778. The lowest BCUT2D eigenvalue weighted by Gasteiger charge is -2.12. The second-order valence-corrected chi connectivity index (χ2v) is 4.56. The Morgan fingerprint density at radius 3 is 2.57 bits per heavy atom. The second-order valence-electron chi connectivity index (χ2n) is 3.29.